The number of thioether (sulfide) groups is 1. The van der Waals surface area contributed by atoms with E-state index < -0.39 is 11.6 Å². The Morgan fingerprint density at radius 2 is 2.10 bits per heavy atom. The molecular weight excluding hydrogens is 284 g/mol. The number of carbonyl (C=O) groups is 1. The molecule has 1 aromatic rings. The van der Waals surface area contributed by atoms with Gasteiger partial charge in [-0.15, -0.1) is 0 Å². The van der Waals surface area contributed by atoms with Crippen LogP contribution in [0.3, 0.4) is 0 Å². The van der Waals surface area contributed by atoms with Gasteiger partial charge in [-0.1, -0.05) is 48.6 Å². The highest BCUT2D eigenvalue weighted by Gasteiger charge is 2.42. The minimum Gasteiger partial charge on any atom is -0.462 e. The average Bonchev–Trinajstić information content (AvgIpc) is 2.56. The van der Waals surface area contributed by atoms with Crippen LogP contribution < -0.4 is 0 Å². The van der Waals surface area contributed by atoms with Crippen molar-refractivity contribution in [1.82, 2.24) is 0 Å². The zero-order chi connectivity index (χ0) is 15.1. The fourth-order valence-corrected chi connectivity index (χ4v) is 2.58. The number of allylic oxidation sites excluding steroid dienone is 3. The van der Waals surface area contributed by atoms with E-state index in [-0.39, 0.29) is 0 Å². The number of esters is 1. The lowest BCUT2D eigenvalue weighted by molar-refractivity contribution is -0.162. The van der Waals surface area contributed by atoms with Crippen LogP contribution in [0, 0.1) is 0 Å². The van der Waals surface area contributed by atoms with Gasteiger partial charge in [0.05, 0.1) is 0 Å². The van der Waals surface area contributed by atoms with Gasteiger partial charge in [0.15, 0.2) is 0 Å². The van der Waals surface area contributed by atoms with Gasteiger partial charge in [-0.2, -0.15) is 11.8 Å². The summed E-state index contributed by atoms with van der Waals surface area (Å²) in [5.41, 5.74) is -0.448. The van der Waals surface area contributed by atoms with Crippen molar-refractivity contribution in [2.24, 2.45) is 0 Å². The zero-order valence-corrected chi connectivity index (χ0v) is 12.9. The van der Waals surface area contributed by atoms with Crippen molar-refractivity contribution in [1.29, 1.82) is 0 Å². The summed E-state index contributed by atoms with van der Waals surface area (Å²) >= 11 is 1.60. The molecule has 21 heavy (non-hydrogen) atoms. The molecule has 112 valence electrons. The molecule has 0 aromatic heterocycles. The van der Waals surface area contributed by atoms with Crippen molar-refractivity contribution in [3.63, 3.8) is 0 Å². The van der Waals surface area contributed by atoms with Crippen LogP contribution in [0.15, 0.2) is 54.1 Å². The summed E-state index contributed by atoms with van der Waals surface area (Å²) in [5, 5.41) is 11.1. The van der Waals surface area contributed by atoms with E-state index in [0.29, 0.717) is 24.2 Å². The second-order valence-corrected chi connectivity index (χ2v) is 5.83. The number of ether oxygens (including phenoxy) is 1. The molecule has 2 rings (SSSR count). The van der Waals surface area contributed by atoms with Gasteiger partial charge in [-0.05, 0) is 30.2 Å². The lowest BCUT2D eigenvalue weighted by atomic mass is 9.82. The van der Waals surface area contributed by atoms with Gasteiger partial charge >= 0.3 is 5.97 Å². The Morgan fingerprint density at radius 3 is 2.71 bits per heavy atom. The number of hydrogen-bond acceptors (Lipinski definition) is 4. The summed E-state index contributed by atoms with van der Waals surface area (Å²) in [6.45, 7) is 0.304. The van der Waals surface area contributed by atoms with Gasteiger partial charge in [-0.25, -0.2) is 4.79 Å². The first-order chi connectivity index (χ1) is 10.2. The first kappa shape index (κ1) is 15.9. The molecule has 1 N–H and O–H groups in total. The van der Waals surface area contributed by atoms with Gasteiger partial charge in [0.1, 0.15) is 6.61 Å². The monoisotopic (exact) mass is 304 g/mol. The van der Waals surface area contributed by atoms with E-state index in [1.165, 1.54) is 0 Å². The molecule has 1 atom stereocenters. The van der Waals surface area contributed by atoms with E-state index >= 15 is 0 Å². The molecule has 1 aliphatic carbocycles. The highest BCUT2D eigenvalue weighted by atomic mass is 32.2. The van der Waals surface area contributed by atoms with Crippen LogP contribution in [0.5, 0.6) is 0 Å². The Balaban J connectivity index is 2.30. The summed E-state index contributed by atoms with van der Waals surface area (Å²) < 4.78 is 5.28. The van der Waals surface area contributed by atoms with E-state index in [1.54, 1.807) is 23.9 Å². The Kier molecular flexibility index (Phi) is 5.65. The fraction of sp³-hybridized carbons (Fsp3) is 0.353. The lowest BCUT2D eigenvalue weighted by Gasteiger charge is -2.30. The lowest BCUT2D eigenvalue weighted by Crippen LogP contribution is -2.40. The topological polar surface area (TPSA) is 46.5 Å². The molecule has 0 radical (unpaired) electrons. The molecule has 0 bridgehead atoms. The van der Waals surface area contributed by atoms with Crippen LogP contribution in [0.2, 0.25) is 0 Å². The maximum atomic E-state index is 12.5. The van der Waals surface area contributed by atoms with Crippen molar-refractivity contribution in [3.8, 4) is 0 Å². The smallest absolute Gasteiger partial charge is 0.347 e. The highest BCUT2D eigenvalue weighted by molar-refractivity contribution is 7.98. The van der Waals surface area contributed by atoms with E-state index in [4.69, 9.17) is 4.74 Å². The second kappa shape index (κ2) is 7.48. The number of aliphatic hydroxyl groups is 1. The molecule has 0 amide bonds. The number of carbonyl (C=O) groups excluding carboxylic acids is 1. The molecule has 0 heterocycles. The molecule has 1 aromatic carbocycles. The molecular formula is C17H20O3S. The maximum absolute atomic E-state index is 12.5. The van der Waals surface area contributed by atoms with Crippen LogP contribution >= 0.6 is 11.8 Å². The highest BCUT2D eigenvalue weighted by Crippen LogP contribution is 2.35. The molecule has 0 fully saturated rings. The maximum Gasteiger partial charge on any atom is 0.347 e. The third-order valence-electron chi connectivity index (χ3n) is 3.48. The molecule has 3 nitrogen and oxygen atoms in total. The predicted octanol–water partition coefficient (Wildman–Crippen LogP) is 3.06. The van der Waals surface area contributed by atoms with Crippen molar-refractivity contribution < 1.29 is 14.6 Å². The molecule has 1 aliphatic rings. The van der Waals surface area contributed by atoms with Gasteiger partial charge in [0, 0.05) is 5.75 Å². The quantitative estimate of drug-likeness (QED) is 0.498. The van der Waals surface area contributed by atoms with Crippen molar-refractivity contribution >= 4 is 17.7 Å². The molecule has 0 aliphatic heterocycles. The molecule has 0 saturated carbocycles. The first-order valence-electron chi connectivity index (χ1n) is 6.98. The largest absolute Gasteiger partial charge is 0.462 e. The molecule has 1 unspecified atom stereocenters. The van der Waals surface area contributed by atoms with Crippen LogP contribution in [0.1, 0.15) is 18.4 Å². The number of hydrogen-bond donors (Lipinski definition) is 1. The minimum absolute atomic E-state index is 0.304. The number of benzene rings is 1. The van der Waals surface area contributed by atoms with Crippen molar-refractivity contribution in [2.75, 3.05) is 18.6 Å². The normalized spacial score (nSPS) is 17.0. The van der Waals surface area contributed by atoms with Crippen LogP contribution in [-0.2, 0) is 15.1 Å². The fourth-order valence-electron chi connectivity index (χ4n) is 2.33. The van der Waals surface area contributed by atoms with E-state index in [9.17, 15) is 9.90 Å². The van der Waals surface area contributed by atoms with Gasteiger partial charge < -0.3 is 9.84 Å². The van der Waals surface area contributed by atoms with Crippen molar-refractivity contribution in [2.45, 2.75) is 18.4 Å². The average molecular weight is 304 g/mol. The van der Waals surface area contributed by atoms with Crippen LogP contribution in [0.25, 0.3) is 0 Å². The summed E-state index contributed by atoms with van der Waals surface area (Å²) in [6.07, 6.45) is 9.13. The summed E-state index contributed by atoms with van der Waals surface area (Å²) in [4.78, 5) is 12.5. The number of rotatable bonds is 6. The summed E-state index contributed by atoms with van der Waals surface area (Å²) in [6, 6.07) is 9.01. The van der Waals surface area contributed by atoms with Crippen LogP contribution in [0.4, 0.5) is 0 Å². The Hall–Kier alpha value is -1.52. The zero-order valence-electron chi connectivity index (χ0n) is 12.1. The summed E-state index contributed by atoms with van der Waals surface area (Å²) in [7, 11) is 0. The van der Waals surface area contributed by atoms with Crippen molar-refractivity contribution in [3.05, 3.63) is 59.7 Å². The standard InChI is InChI=1S/C17H20O3S/c1-21-13-12-20-16(18)17(19,14-8-4-2-5-9-14)15-10-6-3-7-11-15/h2-6,8-9,11,19H,7,10,12-13H2,1H3. The third kappa shape index (κ3) is 3.57. The minimum atomic E-state index is -1.69. The third-order valence-corrected chi connectivity index (χ3v) is 4.05. The Morgan fingerprint density at radius 1 is 1.33 bits per heavy atom. The van der Waals surface area contributed by atoms with E-state index in [0.717, 1.165) is 12.2 Å². The van der Waals surface area contributed by atoms with Crippen LogP contribution in [-0.4, -0.2) is 29.7 Å². The van der Waals surface area contributed by atoms with E-state index in [2.05, 4.69) is 0 Å². The van der Waals surface area contributed by atoms with Gasteiger partial charge in [0.2, 0.25) is 5.60 Å². The molecule has 4 heteroatoms. The first-order valence-corrected chi connectivity index (χ1v) is 8.37. The SMILES string of the molecule is CSCCOC(=O)C(O)(C1=CCC=CC1)c1ccccc1. The molecule has 0 spiro atoms. The van der Waals surface area contributed by atoms with E-state index in [1.807, 2.05) is 42.7 Å². The summed E-state index contributed by atoms with van der Waals surface area (Å²) in [5.74, 6) is 0.125. The van der Waals surface area contributed by atoms with Gasteiger partial charge in [0.25, 0.3) is 0 Å². The Labute approximate surface area is 129 Å². The van der Waals surface area contributed by atoms with Gasteiger partial charge in [-0.3, -0.25) is 0 Å². The molecule has 0 saturated heterocycles. The predicted molar refractivity (Wildman–Crippen MR) is 86.1 cm³/mol. The second-order valence-electron chi connectivity index (χ2n) is 4.85. The Bertz CT molecular complexity index is 536.